The second-order valence-electron chi connectivity index (χ2n) is 4.43. The van der Waals surface area contributed by atoms with Crippen molar-refractivity contribution < 1.29 is 14.3 Å². The number of hydrogen-bond acceptors (Lipinski definition) is 3. The van der Waals surface area contributed by atoms with Crippen LogP contribution in [0.3, 0.4) is 0 Å². The number of ether oxygens (including phenoxy) is 2. The van der Waals surface area contributed by atoms with E-state index in [1.54, 1.807) is 0 Å². The molecular weight excluding hydrogens is 264 g/mol. The fraction of sp³-hybridized carbons (Fsp3) is 0.389. The molecular formula is C18H24O3. The van der Waals surface area contributed by atoms with Crippen molar-refractivity contribution in [1.82, 2.24) is 0 Å². The lowest BCUT2D eigenvalue weighted by atomic mass is 9.91. The molecule has 3 heteroatoms. The summed E-state index contributed by atoms with van der Waals surface area (Å²) in [6, 6.07) is 10.3. The minimum atomic E-state index is -0.625. The molecule has 0 saturated carbocycles. The molecule has 0 N–H and O–H groups in total. The molecule has 0 amide bonds. The first-order chi connectivity index (χ1) is 10.2. The van der Waals surface area contributed by atoms with Crippen LogP contribution in [0.1, 0.15) is 32.8 Å². The van der Waals surface area contributed by atoms with Crippen molar-refractivity contribution in [2.45, 2.75) is 33.0 Å². The maximum atomic E-state index is 8.81. The summed E-state index contributed by atoms with van der Waals surface area (Å²) >= 11 is 0. The molecule has 0 bridgehead atoms. The van der Waals surface area contributed by atoms with E-state index in [0.29, 0.717) is 13.2 Å². The average Bonchev–Trinajstić information content (AvgIpc) is 2.50. The first-order valence-electron chi connectivity index (χ1n) is 7.34. The van der Waals surface area contributed by atoms with Gasteiger partial charge in [0, 0.05) is 25.2 Å². The van der Waals surface area contributed by atoms with Gasteiger partial charge in [-0.1, -0.05) is 48.6 Å². The fourth-order valence-electron chi connectivity index (χ4n) is 2.34. The molecule has 3 nitrogen and oxygen atoms in total. The molecule has 0 saturated heterocycles. The van der Waals surface area contributed by atoms with Gasteiger partial charge in [0.1, 0.15) is 6.29 Å². The summed E-state index contributed by atoms with van der Waals surface area (Å²) in [5.41, 5.74) is 2.26. The van der Waals surface area contributed by atoms with Gasteiger partial charge in [0.25, 0.3) is 0 Å². The van der Waals surface area contributed by atoms with Gasteiger partial charge in [0.2, 0.25) is 0 Å². The van der Waals surface area contributed by atoms with E-state index in [1.807, 2.05) is 32.0 Å². The molecule has 1 aliphatic carbocycles. The Morgan fingerprint density at radius 1 is 1.14 bits per heavy atom. The summed E-state index contributed by atoms with van der Waals surface area (Å²) in [4.78, 5) is 8.81. The van der Waals surface area contributed by atoms with Crippen LogP contribution in [-0.4, -0.2) is 25.3 Å². The van der Waals surface area contributed by atoms with Crippen molar-refractivity contribution in [2.75, 3.05) is 13.2 Å². The van der Waals surface area contributed by atoms with Crippen LogP contribution in [0, 0.1) is 0 Å². The molecule has 0 unspecified atom stereocenters. The smallest absolute Gasteiger partial charge is 0.198 e. The van der Waals surface area contributed by atoms with Crippen molar-refractivity contribution in [3.05, 3.63) is 54.1 Å². The number of rotatable bonds is 5. The van der Waals surface area contributed by atoms with Crippen LogP contribution < -0.4 is 0 Å². The second kappa shape index (κ2) is 9.27. The monoisotopic (exact) mass is 288 g/mol. The van der Waals surface area contributed by atoms with Crippen molar-refractivity contribution in [2.24, 2.45) is 0 Å². The normalized spacial score (nSPS) is 15.7. The Bertz CT molecular complexity index is 468. The van der Waals surface area contributed by atoms with Gasteiger partial charge in [0.15, 0.2) is 5.79 Å². The van der Waals surface area contributed by atoms with Gasteiger partial charge in [-0.2, -0.15) is 0 Å². The number of aldehydes is 1. The van der Waals surface area contributed by atoms with Gasteiger partial charge in [-0.25, -0.2) is 0 Å². The van der Waals surface area contributed by atoms with Gasteiger partial charge < -0.3 is 14.3 Å². The quantitative estimate of drug-likeness (QED) is 0.607. The van der Waals surface area contributed by atoms with Gasteiger partial charge >= 0.3 is 0 Å². The highest BCUT2D eigenvalue weighted by Gasteiger charge is 2.36. The van der Waals surface area contributed by atoms with E-state index in [0.717, 1.165) is 23.8 Å². The minimum Gasteiger partial charge on any atom is -0.346 e. The zero-order valence-corrected chi connectivity index (χ0v) is 13.0. The summed E-state index contributed by atoms with van der Waals surface area (Å²) in [5, 5.41) is 0. The van der Waals surface area contributed by atoms with Crippen LogP contribution in [0.2, 0.25) is 0 Å². The summed E-state index contributed by atoms with van der Waals surface area (Å²) in [6.07, 6.45) is 7.76. The van der Waals surface area contributed by atoms with E-state index < -0.39 is 5.79 Å². The number of hydrogen-bond donors (Lipinski definition) is 0. The molecule has 1 aromatic carbocycles. The highest BCUT2D eigenvalue weighted by Crippen LogP contribution is 2.37. The number of carbonyl (C=O) groups is 1. The van der Waals surface area contributed by atoms with Gasteiger partial charge in [-0.3, -0.25) is 0 Å². The largest absolute Gasteiger partial charge is 0.346 e. The highest BCUT2D eigenvalue weighted by molar-refractivity contribution is 5.73. The minimum absolute atomic E-state index is 0.625. The number of allylic oxidation sites excluding steroid dienone is 2. The molecule has 0 fully saturated rings. The molecule has 0 atom stereocenters. The van der Waals surface area contributed by atoms with Gasteiger partial charge in [-0.15, -0.1) is 0 Å². The van der Waals surface area contributed by atoms with Gasteiger partial charge in [0.05, 0.1) is 0 Å². The molecule has 1 aromatic rings. The summed E-state index contributed by atoms with van der Waals surface area (Å²) in [7, 11) is 0. The average molecular weight is 288 g/mol. The zero-order chi connectivity index (χ0) is 15.6. The highest BCUT2D eigenvalue weighted by atomic mass is 16.7. The molecule has 0 aromatic heterocycles. The van der Waals surface area contributed by atoms with Crippen LogP contribution in [0.25, 0.3) is 5.57 Å². The van der Waals surface area contributed by atoms with E-state index in [4.69, 9.17) is 14.3 Å². The van der Waals surface area contributed by atoms with E-state index >= 15 is 0 Å². The van der Waals surface area contributed by atoms with Crippen molar-refractivity contribution >= 4 is 11.9 Å². The van der Waals surface area contributed by atoms with E-state index in [-0.39, 0.29) is 0 Å². The number of benzene rings is 1. The fourth-order valence-corrected chi connectivity index (χ4v) is 2.34. The predicted octanol–water partition coefficient (Wildman–Crippen LogP) is 4.00. The first kappa shape index (κ1) is 17.3. The Morgan fingerprint density at radius 2 is 1.71 bits per heavy atom. The van der Waals surface area contributed by atoms with Crippen molar-refractivity contribution in [3.63, 3.8) is 0 Å². The Morgan fingerprint density at radius 3 is 2.24 bits per heavy atom. The molecule has 1 aliphatic rings. The van der Waals surface area contributed by atoms with E-state index in [2.05, 4.69) is 30.4 Å². The molecule has 21 heavy (non-hydrogen) atoms. The molecule has 0 aliphatic heterocycles. The third-order valence-corrected chi connectivity index (χ3v) is 3.04. The van der Waals surface area contributed by atoms with Crippen LogP contribution >= 0.6 is 0 Å². The van der Waals surface area contributed by atoms with E-state index in [9.17, 15) is 0 Å². The molecule has 114 valence electrons. The maximum absolute atomic E-state index is 8.81. The van der Waals surface area contributed by atoms with E-state index in [1.165, 1.54) is 6.92 Å². The standard InChI is InChI=1S/C16H20O2.C2H4O/c1-3-17-16(18-4-2)13-9-8-12-15(16)14-10-6-5-7-11-14;1-2-3/h5-12H,3-4,13H2,1-2H3;2H,1H3. The Balaban J connectivity index is 0.000000677. The SMILES string of the molecule is CC=O.CCOC1(OCC)CC=CC=C1c1ccccc1. The lowest BCUT2D eigenvalue weighted by Crippen LogP contribution is -2.38. The first-order valence-corrected chi connectivity index (χ1v) is 7.34. The summed E-state index contributed by atoms with van der Waals surface area (Å²) in [5.74, 6) is -0.625. The predicted molar refractivity (Wildman–Crippen MR) is 85.9 cm³/mol. The van der Waals surface area contributed by atoms with Crippen molar-refractivity contribution in [3.8, 4) is 0 Å². The molecule has 0 spiro atoms. The lowest BCUT2D eigenvalue weighted by molar-refractivity contribution is -0.189. The van der Waals surface area contributed by atoms with Crippen LogP contribution in [-0.2, 0) is 14.3 Å². The number of carbonyl (C=O) groups excluding carboxylic acids is 1. The Hall–Kier alpha value is -1.71. The lowest BCUT2D eigenvalue weighted by Gasteiger charge is -2.36. The third-order valence-electron chi connectivity index (χ3n) is 3.04. The van der Waals surface area contributed by atoms with Gasteiger partial charge in [-0.05, 0) is 26.3 Å². The maximum Gasteiger partial charge on any atom is 0.198 e. The Labute approximate surface area is 127 Å². The summed E-state index contributed by atoms with van der Waals surface area (Å²) in [6.45, 7) is 6.72. The van der Waals surface area contributed by atoms with Crippen LogP contribution in [0.15, 0.2) is 48.6 Å². The Kier molecular flexibility index (Phi) is 7.65. The molecule has 0 radical (unpaired) electrons. The van der Waals surface area contributed by atoms with Crippen molar-refractivity contribution in [1.29, 1.82) is 0 Å². The zero-order valence-electron chi connectivity index (χ0n) is 13.0. The molecule has 0 heterocycles. The van der Waals surface area contributed by atoms with Crippen LogP contribution in [0.4, 0.5) is 0 Å². The second-order valence-corrected chi connectivity index (χ2v) is 4.43. The summed E-state index contributed by atoms with van der Waals surface area (Å²) < 4.78 is 11.9. The topological polar surface area (TPSA) is 35.5 Å². The molecule has 2 rings (SSSR count). The third kappa shape index (κ3) is 4.66. The van der Waals surface area contributed by atoms with Crippen LogP contribution in [0.5, 0.6) is 0 Å².